The summed E-state index contributed by atoms with van der Waals surface area (Å²) in [5.41, 5.74) is 0.652. The fourth-order valence-electron chi connectivity index (χ4n) is 2.69. The highest BCUT2D eigenvalue weighted by Crippen LogP contribution is 2.26. The van der Waals surface area contributed by atoms with Gasteiger partial charge in [-0.2, -0.15) is 0 Å². The summed E-state index contributed by atoms with van der Waals surface area (Å²) >= 11 is 0. The molecule has 1 fully saturated rings. The maximum atomic E-state index is 13.4. The first kappa shape index (κ1) is 15.8. The summed E-state index contributed by atoms with van der Waals surface area (Å²) in [5, 5.41) is 6.21. The monoisotopic (exact) mass is 294 g/mol. The van der Waals surface area contributed by atoms with E-state index < -0.39 is 0 Å². The van der Waals surface area contributed by atoms with Crippen LogP contribution in [0.15, 0.2) is 18.2 Å². The number of halogens is 1. The van der Waals surface area contributed by atoms with Crippen molar-refractivity contribution < 1.29 is 13.9 Å². The molecule has 2 unspecified atom stereocenters. The number of rotatable bonds is 4. The standard InChI is InChI=1S/C16H23FN2O2/c1-11(13-10-12(17)7-8-15(13)21-2)19-16(20)14-6-4-3-5-9-18-14/h7-8,10-11,14,18H,3-6,9H2,1-2H3,(H,19,20). The van der Waals surface area contributed by atoms with Crippen LogP contribution < -0.4 is 15.4 Å². The smallest absolute Gasteiger partial charge is 0.237 e. The minimum atomic E-state index is -0.334. The van der Waals surface area contributed by atoms with Crippen LogP contribution in [0.1, 0.15) is 44.2 Å². The summed E-state index contributed by atoms with van der Waals surface area (Å²) in [6, 6.07) is 3.88. The van der Waals surface area contributed by atoms with Gasteiger partial charge in [0, 0.05) is 5.56 Å². The molecule has 21 heavy (non-hydrogen) atoms. The molecule has 1 aliphatic rings. The molecule has 1 amide bonds. The van der Waals surface area contributed by atoms with Crippen molar-refractivity contribution in [1.29, 1.82) is 0 Å². The molecule has 0 bridgehead atoms. The topological polar surface area (TPSA) is 50.4 Å². The van der Waals surface area contributed by atoms with Gasteiger partial charge >= 0.3 is 0 Å². The predicted octanol–water partition coefficient (Wildman–Crippen LogP) is 2.54. The number of amides is 1. The molecular weight excluding hydrogens is 271 g/mol. The molecule has 1 saturated heterocycles. The Labute approximate surface area is 125 Å². The van der Waals surface area contributed by atoms with Crippen molar-refractivity contribution in [3.63, 3.8) is 0 Å². The van der Waals surface area contributed by atoms with E-state index in [0.29, 0.717) is 11.3 Å². The first-order valence-corrected chi connectivity index (χ1v) is 7.49. The molecule has 1 aliphatic heterocycles. The summed E-state index contributed by atoms with van der Waals surface area (Å²) in [6.45, 7) is 2.71. The molecule has 0 aliphatic carbocycles. The van der Waals surface area contributed by atoms with Gasteiger partial charge in [0.1, 0.15) is 11.6 Å². The van der Waals surface area contributed by atoms with E-state index in [1.165, 1.54) is 19.2 Å². The van der Waals surface area contributed by atoms with Crippen LogP contribution in [0, 0.1) is 5.82 Å². The normalized spacial score (nSPS) is 20.4. The molecule has 116 valence electrons. The average Bonchev–Trinajstić information content (AvgIpc) is 2.76. The minimum absolute atomic E-state index is 0.0317. The Hall–Kier alpha value is -1.62. The lowest BCUT2D eigenvalue weighted by molar-refractivity contribution is -0.123. The molecule has 5 heteroatoms. The lowest BCUT2D eigenvalue weighted by Gasteiger charge is -2.21. The molecular formula is C16H23FN2O2. The van der Waals surface area contributed by atoms with E-state index in [1.807, 2.05) is 6.92 Å². The van der Waals surface area contributed by atoms with Gasteiger partial charge in [0.2, 0.25) is 5.91 Å². The molecule has 2 atom stereocenters. The van der Waals surface area contributed by atoms with Gasteiger partial charge in [-0.25, -0.2) is 4.39 Å². The third kappa shape index (κ3) is 4.17. The molecule has 1 aromatic rings. The highest BCUT2D eigenvalue weighted by Gasteiger charge is 2.22. The zero-order valence-electron chi connectivity index (χ0n) is 12.6. The summed E-state index contributed by atoms with van der Waals surface area (Å²) in [6.07, 6.45) is 4.17. The molecule has 4 nitrogen and oxygen atoms in total. The van der Waals surface area contributed by atoms with Gasteiger partial charge < -0.3 is 15.4 Å². The Morgan fingerprint density at radius 2 is 2.24 bits per heavy atom. The highest BCUT2D eigenvalue weighted by atomic mass is 19.1. The van der Waals surface area contributed by atoms with Crippen molar-refractivity contribution in [2.75, 3.05) is 13.7 Å². The molecule has 0 radical (unpaired) electrons. The highest BCUT2D eigenvalue weighted by molar-refractivity contribution is 5.82. The summed E-state index contributed by atoms with van der Waals surface area (Å²) in [5.74, 6) is 0.216. The van der Waals surface area contributed by atoms with E-state index in [2.05, 4.69) is 10.6 Å². The largest absolute Gasteiger partial charge is 0.496 e. The van der Waals surface area contributed by atoms with Crippen molar-refractivity contribution in [3.05, 3.63) is 29.6 Å². The van der Waals surface area contributed by atoms with E-state index >= 15 is 0 Å². The second-order valence-electron chi connectivity index (χ2n) is 5.47. The number of methoxy groups -OCH3 is 1. The fraction of sp³-hybridized carbons (Fsp3) is 0.562. The maximum absolute atomic E-state index is 13.4. The lowest BCUT2D eigenvalue weighted by atomic mass is 10.1. The van der Waals surface area contributed by atoms with Gasteiger partial charge in [-0.05, 0) is 44.5 Å². The van der Waals surface area contributed by atoms with Crippen LogP contribution in [-0.2, 0) is 4.79 Å². The predicted molar refractivity (Wildman–Crippen MR) is 79.8 cm³/mol. The van der Waals surface area contributed by atoms with Crippen LogP contribution in [0.25, 0.3) is 0 Å². The lowest BCUT2D eigenvalue weighted by Crippen LogP contribution is -2.44. The Bertz CT molecular complexity index is 485. The van der Waals surface area contributed by atoms with Gasteiger partial charge in [-0.1, -0.05) is 12.8 Å². The van der Waals surface area contributed by atoms with Crippen LogP contribution in [0.3, 0.4) is 0 Å². The van der Waals surface area contributed by atoms with Crippen LogP contribution in [0.4, 0.5) is 4.39 Å². The van der Waals surface area contributed by atoms with Crippen LogP contribution in [0.5, 0.6) is 5.75 Å². The molecule has 1 heterocycles. The zero-order valence-corrected chi connectivity index (χ0v) is 12.6. The third-order valence-electron chi connectivity index (χ3n) is 3.89. The van der Waals surface area contributed by atoms with Gasteiger partial charge in [0.15, 0.2) is 0 Å². The fourth-order valence-corrected chi connectivity index (χ4v) is 2.69. The van der Waals surface area contributed by atoms with Crippen molar-refractivity contribution >= 4 is 5.91 Å². The van der Waals surface area contributed by atoms with Crippen molar-refractivity contribution in [2.45, 2.75) is 44.7 Å². The van der Waals surface area contributed by atoms with E-state index in [4.69, 9.17) is 4.74 Å². The quantitative estimate of drug-likeness (QED) is 0.897. The first-order valence-electron chi connectivity index (χ1n) is 7.49. The van der Waals surface area contributed by atoms with Crippen LogP contribution >= 0.6 is 0 Å². The summed E-state index contributed by atoms with van der Waals surface area (Å²) in [7, 11) is 1.54. The molecule has 1 aromatic carbocycles. The summed E-state index contributed by atoms with van der Waals surface area (Å²) in [4.78, 5) is 12.3. The third-order valence-corrected chi connectivity index (χ3v) is 3.89. The second kappa shape index (κ2) is 7.41. The number of benzene rings is 1. The van der Waals surface area contributed by atoms with Gasteiger partial charge in [0.25, 0.3) is 0 Å². The number of carbonyl (C=O) groups excluding carboxylic acids is 1. The Balaban J connectivity index is 2.04. The first-order chi connectivity index (χ1) is 10.1. The number of carbonyl (C=O) groups is 1. The van der Waals surface area contributed by atoms with E-state index in [9.17, 15) is 9.18 Å². The SMILES string of the molecule is COc1ccc(F)cc1C(C)NC(=O)C1CCCCCN1. The van der Waals surface area contributed by atoms with Crippen LogP contribution in [-0.4, -0.2) is 25.6 Å². The molecule has 0 saturated carbocycles. The van der Waals surface area contributed by atoms with E-state index in [0.717, 1.165) is 32.2 Å². The Morgan fingerprint density at radius 3 is 3.00 bits per heavy atom. The minimum Gasteiger partial charge on any atom is -0.496 e. The molecule has 0 aromatic heterocycles. The molecule has 2 rings (SSSR count). The number of hydrogen-bond acceptors (Lipinski definition) is 3. The maximum Gasteiger partial charge on any atom is 0.237 e. The number of nitrogens with one attached hydrogen (secondary N) is 2. The molecule has 2 N–H and O–H groups in total. The Morgan fingerprint density at radius 1 is 1.43 bits per heavy atom. The van der Waals surface area contributed by atoms with Crippen molar-refractivity contribution in [1.82, 2.24) is 10.6 Å². The van der Waals surface area contributed by atoms with Gasteiger partial charge in [0.05, 0.1) is 19.2 Å². The number of ether oxygens (including phenoxy) is 1. The average molecular weight is 294 g/mol. The number of hydrogen-bond donors (Lipinski definition) is 2. The molecule has 0 spiro atoms. The van der Waals surface area contributed by atoms with Gasteiger partial charge in [-0.3, -0.25) is 4.79 Å². The van der Waals surface area contributed by atoms with Crippen molar-refractivity contribution in [3.8, 4) is 5.75 Å². The van der Waals surface area contributed by atoms with E-state index in [-0.39, 0.29) is 23.8 Å². The zero-order chi connectivity index (χ0) is 15.2. The van der Waals surface area contributed by atoms with Crippen LogP contribution in [0.2, 0.25) is 0 Å². The summed E-state index contributed by atoms with van der Waals surface area (Å²) < 4.78 is 18.6. The Kier molecular flexibility index (Phi) is 5.56. The van der Waals surface area contributed by atoms with E-state index in [1.54, 1.807) is 6.07 Å². The second-order valence-corrected chi connectivity index (χ2v) is 5.47. The van der Waals surface area contributed by atoms with Gasteiger partial charge in [-0.15, -0.1) is 0 Å². The van der Waals surface area contributed by atoms with Crippen molar-refractivity contribution in [2.24, 2.45) is 0 Å².